The van der Waals surface area contributed by atoms with Crippen molar-refractivity contribution in [3.63, 3.8) is 0 Å². The first kappa shape index (κ1) is 19.2. The van der Waals surface area contributed by atoms with Gasteiger partial charge in [0.25, 0.3) is 5.91 Å². The normalized spacial score (nSPS) is 14.7. The van der Waals surface area contributed by atoms with Crippen molar-refractivity contribution in [1.82, 2.24) is 15.2 Å². The molecule has 4 rings (SSSR count). The van der Waals surface area contributed by atoms with Gasteiger partial charge in [0, 0.05) is 32.0 Å². The molecular formula is C24H25N3O2. The number of amides is 1. The predicted molar refractivity (Wildman–Crippen MR) is 113 cm³/mol. The Morgan fingerprint density at radius 1 is 1.10 bits per heavy atom. The molecule has 0 saturated heterocycles. The molecule has 0 spiro atoms. The van der Waals surface area contributed by atoms with E-state index in [0.717, 1.165) is 25.1 Å². The number of hydrogen-bond donors (Lipinski definition) is 1. The predicted octanol–water partition coefficient (Wildman–Crippen LogP) is 3.62. The van der Waals surface area contributed by atoms with E-state index in [1.54, 1.807) is 25.4 Å². The first-order valence-corrected chi connectivity index (χ1v) is 9.88. The summed E-state index contributed by atoms with van der Waals surface area (Å²) in [4.78, 5) is 19.5. The van der Waals surface area contributed by atoms with Gasteiger partial charge in [0.15, 0.2) is 0 Å². The Kier molecular flexibility index (Phi) is 5.86. The van der Waals surface area contributed by atoms with Crippen molar-refractivity contribution in [3.05, 3.63) is 95.3 Å². The average Bonchev–Trinajstić information content (AvgIpc) is 2.79. The molecule has 0 bridgehead atoms. The van der Waals surface area contributed by atoms with Gasteiger partial charge in [-0.25, -0.2) is 0 Å². The van der Waals surface area contributed by atoms with Crippen molar-refractivity contribution in [2.24, 2.45) is 0 Å². The standard InChI is InChI=1S/C24H25N3O2/c1-29-23-11-5-4-10-21(23)24(28)26-16-22(19-9-6-13-25-15-19)27-14-12-18-7-2-3-8-20(18)17-27/h2-11,13,15,22H,12,14,16-17H2,1H3,(H,26,28)/t22-/m0/s1. The van der Waals surface area contributed by atoms with Gasteiger partial charge in [-0.15, -0.1) is 0 Å². The third kappa shape index (κ3) is 4.30. The Morgan fingerprint density at radius 3 is 2.69 bits per heavy atom. The second-order valence-corrected chi connectivity index (χ2v) is 7.20. The fraction of sp³-hybridized carbons (Fsp3) is 0.250. The summed E-state index contributed by atoms with van der Waals surface area (Å²) in [6.45, 7) is 2.31. The number of nitrogens with zero attached hydrogens (tertiary/aromatic N) is 2. The number of rotatable bonds is 6. The molecule has 1 aromatic heterocycles. The molecular weight excluding hydrogens is 362 g/mol. The van der Waals surface area contributed by atoms with Gasteiger partial charge in [0.05, 0.1) is 18.7 Å². The molecule has 0 fully saturated rings. The van der Waals surface area contributed by atoms with Crippen LogP contribution in [0.25, 0.3) is 0 Å². The van der Waals surface area contributed by atoms with Crippen molar-refractivity contribution in [2.45, 2.75) is 19.0 Å². The molecule has 1 N–H and O–H groups in total. The highest BCUT2D eigenvalue weighted by Crippen LogP contribution is 2.27. The van der Waals surface area contributed by atoms with E-state index >= 15 is 0 Å². The second kappa shape index (κ2) is 8.88. The van der Waals surface area contributed by atoms with Gasteiger partial charge in [0.1, 0.15) is 5.75 Å². The zero-order valence-electron chi connectivity index (χ0n) is 16.5. The Balaban J connectivity index is 1.54. The summed E-state index contributed by atoms with van der Waals surface area (Å²) in [6, 6.07) is 19.9. The lowest BCUT2D eigenvalue weighted by molar-refractivity contribution is 0.0924. The summed E-state index contributed by atoms with van der Waals surface area (Å²) >= 11 is 0. The largest absolute Gasteiger partial charge is 0.496 e. The van der Waals surface area contributed by atoms with Crippen molar-refractivity contribution in [1.29, 1.82) is 0 Å². The third-order valence-electron chi connectivity index (χ3n) is 5.48. The van der Waals surface area contributed by atoms with Crippen LogP contribution >= 0.6 is 0 Å². The maximum absolute atomic E-state index is 12.8. The van der Waals surface area contributed by atoms with Crippen LogP contribution in [0.4, 0.5) is 0 Å². The summed E-state index contributed by atoms with van der Waals surface area (Å²) < 4.78 is 5.33. The number of methoxy groups -OCH3 is 1. The lowest BCUT2D eigenvalue weighted by Crippen LogP contribution is -2.40. The SMILES string of the molecule is COc1ccccc1C(=O)NC[C@@H](c1cccnc1)N1CCc2ccccc2C1. The number of nitrogens with one attached hydrogen (secondary N) is 1. The Labute approximate surface area is 171 Å². The van der Waals surface area contributed by atoms with Crippen LogP contribution in [0.2, 0.25) is 0 Å². The van der Waals surface area contributed by atoms with Crippen molar-refractivity contribution < 1.29 is 9.53 Å². The lowest BCUT2D eigenvalue weighted by atomic mass is 9.97. The molecule has 1 aliphatic heterocycles. The van der Waals surface area contributed by atoms with Crippen LogP contribution < -0.4 is 10.1 Å². The smallest absolute Gasteiger partial charge is 0.255 e. The van der Waals surface area contributed by atoms with Crippen molar-refractivity contribution >= 4 is 5.91 Å². The van der Waals surface area contributed by atoms with Gasteiger partial charge in [0.2, 0.25) is 0 Å². The minimum Gasteiger partial charge on any atom is -0.496 e. The molecule has 2 aromatic carbocycles. The Morgan fingerprint density at radius 2 is 1.90 bits per heavy atom. The molecule has 1 amide bonds. The van der Waals surface area contributed by atoms with Crippen LogP contribution in [-0.2, 0) is 13.0 Å². The number of pyridine rings is 1. The molecule has 3 aromatic rings. The molecule has 0 aliphatic carbocycles. The van der Waals surface area contributed by atoms with E-state index in [4.69, 9.17) is 4.74 Å². The zero-order chi connectivity index (χ0) is 20.1. The van der Waals surface area contributed by atoms with Gasteiger partial charge >= 0.3 is 0 Å². The quantitative estimate of drug-likeness (QED) is 0.702. The first-order valence-electron chi connectivity index (χ1n) is 9.88. The summed E-state index contributed by atoms with van der Waals surface area (Å²) in [6.07, 6.45) is 4.67. The number of benzene rings is 2. The topological polar surface area (TPSA) is 54.5 Å². The molecule has 2 heterocycles. The summed E-state index contributed by atoms with van der Waals surface area (Å²) in [7, 11) is 1.58. The number of carbonyl (C=O) groups is 1. The number of carbonyl (C=O) groups excluding carboxylic acids is 1. The Hall–Kier alpha value is -3.18. The minimum absolute atomic E-state index is 0.0516. The minimum atomic E-state index is -0.131. The molecule has 5 nitrogen and oxygen atoms in total. The second-order valence-electron chi connectivity index (χ2n) is 7.20. The van der Waals surface area contributed by atoms with E-state index in [0.29, 0.717) is 17.9 Å². The van der Waals surface area contributed by atoms with E-state index in [-0.39, 0.29) is 11.9 Å². The van der Waals surface area contributed by atoms with Crippen LogP contribution in [-0.4, -0.2) is 36.0 Å². The van der Waals surface area contributed by atoms with Crippen molar-refractivity contribution in [3.8, 4) is 5.75 Å². The zero-order valence-corrected chi connectivity index (χ0v) is 16.5. The maximum atomic E-state index is 12.8. The fourth-order valence-corrected chi connectivity index (χ4v) is 3.93. The highest BCUT2D eigenvalue weighted by Gasteiger charge is 2.25. The molecule has 1 aliphatic rings. The van der Waals surface area contributed by atoms with E-state index < -0.39 is 0 Å². The van der Waals surface area contributed by atoms with Crippen LogP contribution in [0, 0.1) is 0 Å². The first-order chi connectivity index (χ1) is 14.3. The van der Waals surface area contributed by atoms with Gasteiger partial charge in [-0.1, -0.05) is 42.5 Å². The number of aromatic nitrogens is 1. The van der Waals surface area contributed by atoms with Crippen LogP contribution in [0.1, 0.15) is 33.1 Å². The molecule has 1 atom stereocenters. The average molecular weight is 387 g/mol. The van der Waals surface area contributed by atoms with Crippen LogP contribution in [0.3, 0.4) is 0 Å². The molecule has 29 heavy (non-hydrogen) atoms. The summed E-state index contributed by atoms with van der Waals surface area (Å²) in [5.41, 5.74) is 4.41. The number of fused-ring (bicyclic) bond motifs is 1. The van der Waals surface area contributed by atoms with E-state index in [1.807, 2.05) is 24.4 Å². The highest BCUT2D eigenvalue weighted by atomic mass is 16.5. The molecule has 148 valence electrons. The highest BCUT2D eigenvalue weighted by molar-refractivity contribution is 5.96. The number of hydrogen-bond acceptors (Lipinski definition) is 4. The number of ether oxygens (including phenoxy) is 1. The van der Waals surface area contributed by atoms with Crippen LogP contribution in [0.5, 0.6) is 5.75 Å². The van der Waals surface area contributed by atoms with E-state index in [2.05, 4.69) is 45.5 Å². The molecule has 0 unspecified atom stereocenters. The monoisotopic (exact) mass is 387 g/mol. The van der Waals surface area contributed by atoms with Gasteiger partial charge < -0.3 is 10.1 Å². The molecule has 0 radical (unpaired) electrons. The fourth-order valence-electron chi connectivity index (χ4n) is 3.93. The van der Waals surface area contributed by atoms with Crippen molar-refractivity contribution in [2.75, 3.05) is 20.2 Å². The number of para-hydroxylation sites is 1. The Bertz CT molecular complexity index is 975. The third-order valence-corrected chi connectivity index (χ3v) is 5.48. The van der Waals surface area contributed by atoms with Gasteiger partial charge in [-0.3, -0.25) is 14.7 Å². The van der Waals surface area contributed by atoms with E-state index in [1.165, 1.54) is 11.1 Å². The van der Waals surface area contributed by atoms with Crippen LogP contribution in [0.15, 0.2) is 73.1 Å². The summed E-state index contributed by atoms with van der Waals surface area (Å²) in [5.74, 6) is 0.448. The maximum Gasteiger partial charge on any atom is 0.255 e. The van der Waals surface area contributed by atoms with Gasteiger partial charge in [-0.2, -0.15) is 0 Å². The molecule has 5 heteroatoms. The van der Waals surface area contributed by atoms with E-state index in [9.17, 15) is 4.79 Å². The van der Waals surface area contributed by atoms with Gasteiger partial charge in [-0.05, 0) is 41.3 Å². The lowest BCUT2D eigenvalue weighted by Gasteiger charge is -2.36. The summed E-state index contributed by atoms with van der Waals surface area (Å²) in [5, 5.41) is 3.11. The molecule has 0 saturated carbocycles.